The van der Waals surface area contributed by atoms with Gasteiger partial charge in [-0.1, -0.05) is 42.0 Å². The average molecular weight is 418 g/mol. The van der Waals surface area contributed by atoms with E-state index in [4.69, 9.17) is 9.72 Å². The zero-order valence-electron chi connectivity index (χ0n) is 18.6. The molecule has 5 nitrogen and oxygen atoms in total. The normalized spacial score (nSPS) is 16.9. The predicted octanol–water partition coefficient (Wildman–Crippen LogP) is 5.24. The van der Waals surface area contributed by atoms with Crippen LogP contribution in [0.3, 0.4) is 0 Å². The summed E-state index contributed by atoms with van der Waals surface area (Å²) in [5.74, 6) is 1.96. The number of piperidine rings is 1. The van der Waals surface area contributed by atoms with E-state index in [2.05, 4.69) is 41.1 Å². The first-order chi connectivity index (χ1) is 15.0. The van der Waals surface area contributed by atoms with Gasteiger partial charge in [0.05, 0.1) is 12.3 Å². The van der Waals surface area contributed by atoms with Gasteiger partial charge in [0.15, 0.2) is 11.5 Å². The highest BCUT2D eigenvalue weighted by Gasteiger charge is 2.26. The van der Waals surface area contributed by atoms with E-state index in [9.17, 15) is 5.11 Å². The highest BCUT2D eigenvalue weighted by atomic mass is 16.5. The van der Waals surface area contributed by atoms with Gasteiger partial charge in [0.25, 0.3) is 0 Å². The van der Waals surface area contributed by atoms with Crippen molar-refractivity contribution in [2.45, 2.75) is 46.1 Å². The van der Waals surface area contributed by atoms with Crippen molar-refractivity contribution >= 4 is 0 Å². The molecule has 1 aliphatic heterocycles. The van der Waals surface area contributed by atoms with Crippen molar-refractivity contribution in [3.8, 4) is 22.6 Å². The van der Waals surface area contributed by atoms with E-state index >= 15 is 0 Å². The number of rotatable bonds is 6. The quantitative estimate of drug-likeness (QED) is 0.594. The fourth-order valence-electron chi connectivity index (χ4n) is 4.46. The Kier molecular flexibility index (Phi) is 6.52. The van der Waals surface area contributed by atoms with Crippen molar-refractivity contribution in [2.24, 2.45) is 0 Å². The minimum Gasteiger partial charge on any atom is -0.504 e. The van der Waals surface area contributed by atoms with Crippen LogP contribution in [0.25, 0.3) is 11.1 Å². The number of ether oxygens (including phenoxy) is 1. The van der Waals surface area contributed by atoms with Crippen LogP contribution < -0.4 is 4.74 Å². The largest absolute Gasteiger partial charge is 0.504 e. The molecule has 0 bridgehead atoms. The lowest BCUT2D eigenvalue weighted by Gasteiger charge is -2.33. The summed E-state index contributed by atoms with van der Waals surface area (Å²) >= 11 is 0. The standard InChI is InChI=1S/C26H31N3O2/c1-4-31-24-12-6-10-22(26(24)30)17-29-13-7-11-21(16-29)25-23(15-27-19(3)28-25)20-9-5-8-18(2)14-20/h5-6,8-10,12,14-15,21,30H,4,7,11,13,16-17H2,1-3H3. The smallest absolute Gasteiger partial charge is 0.162 e. The van der Waals surface area contributed by atoms with Crippen LogP contribution in [0, 0.1) is 13.8 Å². The number of aromatic hydroxyl groups is 1. The average Bonchev–Trinajstić information content (AvgIpc) is 2.77. The predicted molar refractivity (Wildman–Crippen MR) is 123 cm³/mol. The summed E-state index contributed by atoms with van der Waals surface area (Å²) in [4.78, 5) is 11.8. The number of nitrogens with zero attached hydrogens (tertiary/aromatic N) is 3. The molecule has 0 saturated carbocycles. The van der Waals surface area contributed by atoms with Crippen LogP contribution in [-0.4, -0.2) is 39.7 Å². The molecular formula is C26H31N3O2. The minimum absolute atomic E-state index is 0.254. The molecule has 1 aliphatic rings. The van der Waals surface area contributed by atoms with Crippen molar-refractivity contribution in [1.82, 2.24) is 14.9 Å². The lowest BCUT2D eigenvalue weighted by Crippen LogP contribution is -2.34. The Labute approximate surface area is 184 Å². The zero-order valence-corrected chi connectivity index (χ0v) is 18.6. The van der Waals surface area contributed by atoms with Gasteiger partial charge in [-0.25, -0.2) is 9.97 Å². The molecule has 31 heavy (non-hydrogen) atoms. The number of benzene rings is 2. The fraction of sp³-hybridized carbons (Fsp3) is 0.385. The molecule has 1 saturated heterocycles. The number of hydrogen-bond donors (Lipinski definition) is 1. The van der Waals surface area contributed by atoms with Gasteiger partial charge in [-0.3, -0.25) is 4.90 Å². The molecule has 3 aromatic rings. The molecule has 4 rings (SSSR count). The highest BCUT2D eigenvalue weighted by Crippen LogP contribution is 2.35. The lowest BCUT2D eigenvalue weighted by atomic mass is 9.89. The maximum absolute atomic E-state index is 10.6. The SMILES string of the molecule is CCOc1cccc(CN2CCCC(c3nc(C)ncc3-c3cccc(C)c3)C2)c1O. The minimum atomic E-state index is 0.254. The van der Waals surface area contributed by atoms with E-state index in [-0.39, 0.29) is 5.75 Å². The molecule has 5 heteroatoms. The summed E-state index contributed by atoms with van der Waals surface area (Å²) < 4.78 is 5.56. The topological polar surface area (TPSA) is 58.5 Å². The van der Waals surface area contributed by atoms with E-state index in [1.54, 1.807) is 0 Å². The summed E-state index contributed by atoms with van der Waals surface area (Å²) in [6.07, 6.45) is 4.19. The van der Waals surface area contributed by atoms with Gasteiger partial charge in [-0.05, 0) is 51.8 Å². The molecule has 2 heterocycles. The third kappa shape index (κ3) is 4.88. The molecule has 0 spiro atoms. The molecule has 1 atom stereocenters. The summed E-state index contributed by atoms with van der Waals surface area (Å²) in [7, 11) is 0. The molecule has 0 radical (unpaired) electrons. The van der Waals surface area contributed by atoms with Crippen LogP contribution in [-0.2, 0) is 6.54 Å². The molecule has 1 unspecified atom stereocenters. The first kappa shape index (κ1) is 21.3. The van der Waals surface area contributed by atoms with Gasteiger partial charge in [0, 0.05) is 36.3 Å². The Morgan fingerprint density at radius 2 is 2.00 bits per heavy atom. The first-order valence-corrected chi connectivity index (χ1v) is 11.1. The number of para-hydroxylation sites is 1. The number of hydrogen-bond acceptors (Lipinski definition) is 5. The second kappa shape index (κ2) is 9.48. The number of likely N-dealkylation sites (tertiary alicyclic amines) is 1. The van der Waals surface area contributed by atoms with Gasteiger partial charge >= 0.3 is 0 Å². The number of aryl methyl sites for hydroxylation is 2. The maximum atomic E-state index is 10.6. The van der Waals surface area contributed by atoms with Crippen LogP contribution in [0.4, 0.5) is 0 Å². The third-order valence-electron chi connectivity index (χ3n) is 5.94. The zero-order chi connectivity index (χ0) is 21.8. The fourth-order valence-corrected chi connectivity index (χ4v) is 4.46. The Bertz CT molecular complexity index is 1050. The third-order valence-corrected chi connectivity index (χ3v) is 5.94. The summed E-state index contributed by atoms with van der Waals surface area (Å²) in [5.41, 5.74) is 5.58. The van der Waals surface area contributed by atoms with E-state index in [0.717, 1.165) is 48.6 Å². The Morgan fingerprint density at radius 1 is 1.16 bits per heavy atom. The van der Waals surface area contributed by atoms with Gasteiger partial charge < -0.3 is 9.84 Å². The number of phenols is 1. The van der Waals surface area contributed by atoms with Crippen molar-refractivity contribution in [3.63, 3.8) is 0 Å². The molecule has 1 fully saturated rings. The summed E-state index contributed by atoms with van der Waals surface area (Å²) in [5, 5.41) is 10.6. The van der Waals surface area contributed by atoms with E-state index < -0.39 is 0 Å². The molecule has 1 aromatic heterocycles. The van der Waals surface area contributed by atoms with Crippen LogP contribution in [0.1, 0.15) is 48.3 Å². The number of aromatic nitrogens is 2. The Hall–Kier alpha value is -2.92. The van der Waals surface area contributed by atoms with Gasteiger partial charge in [0.2, 0.25) is 0 Å². The second-order valence-corrected chi connectivity index (χ2v) is 8.36. The van der Waals surface area contributed by atoms with Crippen molar-refractivity contribution in [2.75, 3.05) is 19.7 Å². The summed E-state index contributed by atoms with van der Waals surface area (Å²) in [6.45, 7) is 9.17. The molecular weight excluding hydrogens is 386 g/mol. The first-order valence-electron chi connectivity index (χ1n) is 11.1. The second-order valence-electron chi connectivity index (χ2n) is 8.36. The Balaban J connectivity index is 1.58. The van der Waals surface area contributed by atoms with Crippen LogP contribution in [0.15, 0.2) is 48.7 Å². The summed E-state index contributed by atoms with van der Waals surface area (Å²) in [6, 6.07) is 14.3. The molecule has 0 amide bonds. The highest BCUT2D eigenvalue weighted by molar-refractivity contribution is 5.66. The van der Waals surface area contributed by atoms with Gasteiger partial charge in [-0.15, -0.1) is 0 Å². The van der Waals surface area contributed by atoms with Crippen LogP contribution >= 0.6 is 0 Å². The van der Waals surface area contributed by atoms with E-state index in [1.807, 2.05) is 38.2 Å². The molecule has 162 valence electrons. The van der Waals surface area contributed by atoms with Crippen molar-refractivity contribution in [3.05, 3.63) is 71.3 Å². The lowest BCUT2D eigenvalue weighted by molar-refractivity contribution is 0.196. The molecule has 0 aliphatic carbocycles. The van der Waals surface area contributed by atoms with E-state index in [1.165, 1.54) is 11.1 Å². The Morgan fingerprint density at radius 3 is 2.81 bits per heavy atom. The van der Waals surface area contributed by atoms with Crippen molar-refractivity contribution < 1.29 is 9.84 Å². The molecule has 2 aromatic carbocycles. The molecule has 1 N–H and O–H groups in total. The number of phenolic OH excluding ortho intramolecular Hbond substituents is 1. The van der Waals surface area contributed by atoms with Crippen molar-refractivity contribution in [1.29, 1.82) is 0 Å². The van der Waals surface area contributed by atoms with Crippen LogP contribution in [0.5, 0.6) is 11.5 Å². The van der Waals surface area contributed by atoms with Gasteiger partial charge in [-0.2, -0.15) is 0 Å². The van der Waals surface area contributed by atoms with Crippen LogP contribution in [0.2, 0.25) is 0 Å². The van der Waals surface area contributed by atoms with Gasteiger partial charge in [0.1, 0.15) is 5.82 Å². The van der Waals surface area contributed by atoms with E-state index in [0.29, 0.717) is 24.8 Å². The monoisotopic (exact) mass is 417 g/mol. The maximum Gasteiger partial charge on any atom is 0.162 e.